The maximum atomic E-state index is 13.0. The lowest BCUT2D eigenvalue weighted by Crippen LogP contribution is -2.06. The second kappa shape index (κ2) is 6.44. The molecule has 0 aliphatic rings. The first-order chi connectivity index (χ1) is 12.6. The van der Waals surface area contributed by atoms with Gasteiger partial charge in [-0.15, -0.1) is 0 Å². The standard InChI is InChI=1S/C21H16N2O3/c1-14(24)26-13-17-11-16-9-5-6-10-18(16)20-19(12-22-23(17)20)21(25)15-7-3-2-4-8-15/h2-12H,13H2,1H3. The van der Waals surface area contributed by atoms with E-state index < -0.39 is 0 Å². The van der Waals surface area contributed by atoms with Crippen LogP contribution in [0.25, 0.3) is 16.3 Å². The number of hydrogen-bond donors (Lipinski definition) is 0. The summed E-state index contributed by atoms with van der Waals surface area (Å²) < 4.78 is 6.84. The fourth-order valence-corrected chi connectivity index (χ4v) is 3.09. The zero-order valence-electron chi connectivity index (χ0n) is 14.2. The second-order valence-corrected chi connectivity index (χ2v) is 6.02. The molecule has 0 N–H and O–H groups in total. The minimum Gasteiger partial charge on any atom is -0.459 e. The third-order valence-electron chi connectivity index (χ3n) is 4.28. The molecule has 0 fully saturated rings. The lowest BCUT2D eigenvalue weighted by Gasteiger charge is -2.10. The first kappa shape index (κ1) is 16.0. The molecule has 0 radical (unpaired) electrons. The molecule has 0 bridgehead atoms. The summed E-state index contributed by atoms with van der Waals surface area (Å²) in [6.07, 6.45) is 1.58. The van der Waals surface area contributed by atoms with Crippen LogP contribution in [-0.4, -0.2) is 21.4 Å². The van der Waals surface area contributed by atoms with Gasteiger partial charge in [0.2, 0.25) is 0 Å². The molecule has 4 rings (SSSR count). The van der Waals surface area contributed by atoms with E-state index in [1.54, 1.807) is 22.8 Å². The fraction of sp³-hybridized carbons (Fsp3) is 0.0952. The maximum Gasteiger partial charge on any atom is 0.303 e. The molecule has 2 aromatic carbocycles. The first-order valence-electron chi connectivity index (χ1n) is 8.26. The summed E-state index contributed by atoms with van der Waals surface area (Å²) in [5.41, 5.74) is 2.56. The number of esters is 1. The van der Waals surface area contributed by atoms with Crippen LogP contribution in [0.2, 0.25) is 0 Å². The Morgan fingerprint density at radius 2 is 1.77 bits per heavy atom. The van der Waals surface area contributed by atoms with Gasteiger partial charge in [0.15, 0.2) is 5.78 Å². The molecule has 4 aromatic rings. The Bertz CT molecular complexity index is 1130. The third kappa shape index (κ3) is 2.73. The molecule has 2 heterocycles. The largest absolute Gasteiger partial charge is 0.459 e. The molecule has 0 atom stereocenters. The molecule has 0 saturated carbocycles. The van der Waals surface area contributed by atoms with Crippen LogP contribution in [0, 0.1) is 0 Å². The zero-order chi connectivity index (χ0) is 18.1. The van der Waals surface area contributed by atoms with Crippen LogP contribution >= 0.6 is 0 Å². The van der Waals surface area contributed by atoms with Gasteiger partial charge >= 0.3 is 5.97 Å². The first-order valence-corrected chi connectivity index (χ1v) is 8.26. The van der Waals surface area contributed by atoms with Gasteiger partial charge in [0.05, 0.1) is 23.0 Å². The van der Waals surface area contributed by atoms with E-state index in [0.29, 0.717) is 16.8 Å². The molecular formula is C21H16N2O3. The summed E-state index contributed by atoms with van der Waals surface area (Å²) in [7, 11) is 0. The lowest BCUT2D eigenvalue weighted by atomic mass is 10.0. The van der Waals surface area contributed by atoms with Crippen molar-refractivity contribution in [3.8, 4) is 0 Å². The molecule has 0 spiro atoms. The van der Waals surface area contributed by atoms with Crippen molar-refractivity contribution < 1.29 is 14.3 Å². The van der Waals surface area contributed by atoms with Crippen molar-refractivity contribution in [2.45, 2.75) is 13.5 Å². The van der Waals surface area contributed by atoms with Gasteiger partial charge < -0.3 is 4.74 Å². The Morgan fingerprint density at radius 3 is 2.54 bits per heavy atom. The fourth-order valence-electron chi connectivity index (χ4n) is 3.09. The monoisotopic (exact) mass is 344 g/mol. The van der Waals surface area contributed by atoms with Crippen LogP contribution in [0.3, 0.4) is 0 Å². The van der Waals surface area contributed by atoms with Gasteiger partial charge in [0, 0.05) is 17.9 Å². The van der Waals surface area contributed by atoms with Gasteiger partial charge in [0.25, 0.3) is 0 Å². The molecule has 0 saturated heterocycles. The average Bonchev–Trinajstić information content (AvgIpc) is 3.11. The van der Waals surface area contributed by atoms with Crippen molar-refractivity contribution in [1.82, 2.24) is 9.61 Å². The molecule has 0 aliphatic carbocycles. The van der Waals surface area contributed by atoms with Crippen LogP contribution in [0.1, 0.15) is 28.5 Å². The lowest BCUT2D eigenvalue weighted by molar-refractivity contribution is -0.142. The number of carbonyl (C=O) groups is 2. The van der Waals surface area contributed by atoms with Crippen molar-refractivity contribution in [2.24, 2.45) is 0 Å². The molecule has 5 nitrogen and oxygen atoms in total. The third-order valence-corrected chi connectivity index (χ3v) is 4.28. The minimum absolute atomic E-state index is 0.0876. The highest BCUT2D eigenvalue weighted by Crippen LogP contribution is 2.27. The number of benzene rings is 2. The highest BCUT2D eigenvalue weighted by Gasteiger charge is 2.19. The molecule has 128 valence electrons. The number of fused-ring (bicyclic) bond motifs is 3. The topological polar surface area (TPSA) is 60.7 Å². The number of ketones is 1. The van der Waals surface area contributed by atoms with E-state index in [2.05, 4.69) is 5.10 Å². The Balaban J connectivity index is 1.95. The molecular weight excluding hydrogens is 328 g/mol. The highest BCUT2D eigenvalue weighted by molar-refractivity contribution is 6.17. The number of nitrogens with zero attached hydrogens (tertiary/aromatic N) is 2. The number of rotatable bonds is 4. The van der Waals surface area contributed by atoms with E-state index in [0.717, 1.165) is 16.3 Å². The summed E-state index contributed by atoms with van der Waals surface area (Å²) in [6, 6.07) is 18.8. The van der Waals surface area contributed by atoms with E-state index in [1.807, 2.05) is 48.5 Å². The summed E-state index contributed by atoms with van der Waals surface area (Å²) in [5, 5.41) is 6.29. The normalized spacial score (nSPS) is 11.0. The number of ether oxygens (including phenoxy) is 1. The Kier molecular flexibility index (Phi) is 3.97. The van der Waals surface area contributed by atoms with E-state index in [-0.39, 0.29) is 18.4 Å². The number of aromatic nitrogens is 2. The van der Waals surface area contributed by atoms with Crippen molar-refractivity contribution in [3.05, 3.63) is 83.7 Å². The summed E-state index contributed by atoms with van der Waals surface area (Å²) in [4.78, 5) is 24.2. The van der Waals surface area contributed by atoms with Crippen LogP contribution in [0.5, 0.6) is 0 Å². The van der Waals surface area contributed by atoms with Crippen molar-refractivity contribution in [2.75, 3.05) is 0 Å². The molecule has 0 unspecified atom stereocenters. The van der Waals surface area contributed by atoms with Crippen LogP contribution < -0.4 is 0 Å². The SMILES string of the molecule is CC(=O)OCc1cc2ccccc2c2c(C(=O)c3ccccc3)cnn12. The van der Waals surface area contributed by atoms with E-state index >= 15 is 0 Å². The Labute approximate surface area is 149 Å². The molecule has 5 heteroatoms. The Morgan fingerprint density at radius 1 is 1.04 bits per heavy atom. The van der Waals surface area contributed by atoms with E-state index in [1.165, 1.54) is 6.92 Å². The van der Waals surface area contributed by atoms with Gasteiger partial charge in [-0.2, -0.15) is 5.10 Å². The maximum absolute atomic E-state index is 13.0. The van der Waals surface area contributed by atoms with Gasteiger partial charge in [-0.1, -0.05) is 54.6 Å². The molecule has 2 aromatic heterocycles. The molecule has 0 aliphatic heterocycles. The number of carbonyl (C=O) groups excluding carboxylic acids is 2. The quantitative estimate of drug-likeness (QED) is 0.417. The Hall–Kier alpha value is -3.47. The number of pyridine rings is 1. The molecule has 0 amide bonds. The average molecular weight is 344 g/mol. The second-order valence-electron chi connectivity index (χ2n) is 6.02. The minimum atomic E-state index is -0.362. The number of hydrogen-bond acceptors (Lipinski definition) is 4. The highest BCUT2D eigenvalue weighted by atomic mass is 16.5. The molecule has 26 heavy (non-hydrogen) atoms. The van der Waals surface area contributed by atoms with Crippen molar-refractivity contribution in [1.29, 1.82) is 0 Å². The van der Waals surface area contributed by atoms with Gasteiger partial charge in [-0.25, -0.2) is 4.52 Å². The van der Waals surface area contributed by atoms with Crippen molar-refractivity contribution in [3.63, 3.8) is 0 Å². The van der Waals surface area contributed by atoms with Gasteiger partial charge in [-0.3, -0.25) is 9.59 Å². The van der Waals surface area contributed by atoms with Gasteiger partial charge in [0.1, 0.15) is 6.61 Å². The van der Waals surface area contributed by atoms with E-state index in [9.17, 15) is 9.59 Å². The van der Waals surface area contributed by atoms with Crippen LogP contribution in [0.4, 0.5) is 0 Å². The summed E-state index contributed by atoms with van der Waals surface area (Å²) in [6.45, 7) is 1.46. The predicted molar refractivity (Wildman–Crippen MR) is 98.0 cm³/mol. The van der Waals surface area contributed by atoms with Gasteiger partial charge in [-0.05, 0) is 11.5 Å². The predicted octanol–water partition coefficient (Wildman–Crippen LogP) is 3.78. The van der Waals surface area contributed by atoms with Crippen molar-refractivity contribution >= 4 is 28.0 Å². The van der Waals surface area contributed by atoms with E-state index in [4.69, 9.17) is 4.74 Å². The summed E-state index contributed by atoms with van der Waals surface area (Å²) >= 11 is 0. The van der Waals surface area contributed by atoms with Crippen LogP contribution in [0.15, 0.2) is 66.9 Å². The smallest absolute Gasteiger partial charge is 0.303 e. The zero-order valence-corrected chi connectivity index (χ0v) is 14.2. The van der Waals surface area contributed by atoms with Crippen LogP contribution in [-0.2, 0) is 16.1 Å². The summed E-state index contributed by atoms with van der Waals surface area (Å²) in [5.74, 6) is -0.450.